The van der Waals surface area contributed by atoms with E-state index in [1.807, 2.05) is 0 Å². The van der Waals surface area contributed by atoms with Crippen LogP contribution in [0, 0.1) is 0 Å². The van der Waals surface area contributed by atoms with Crippen molar-refractivity contribution in [3.8, 4) is 5.75 Å². The highest BCUT2D eigenvalue weighted by Crippen LogP contribution is 2.43. The summed E-state index contributed by atoms with van der Waals surface area (Å²) in [5.41, 5.74) is 1.10. The summed E-state index contributed by atoms with van der Waals surface area (Å²) in [5, 5.41) is 11.9. The molecule has 6 nitrogen and oxygen atoms in total. The second-order valence-electron chi connectivity index (χ2n) is 6.90. The zero-order valence-electron chi connectivity index (χ0n) is 16.6. The predicted octanol–water partition coefficient (Wildman–Crippen LogP) is 5.68. The number of rotatable bonds is 4. The third-order valence-electron chi connectivity index (χ3n) is 5.05. The molecule has 1 aromatic heterocycles. The van der Waals surface area contributed by atoms with Gasteiger partial charge in [0.25, 0.3) is 11.7 Å². The lowest BCUT2D eigenvalue weighted by Gasteiger charge is -2.25. The van der Waals surface area contributed by atoms with E-state index in [2.05, 4.69) is 4.98 Å². The molecule has 0 spiro atoms. The number of hydrogen-bond acceptors (Lipinski definition) is 5. The molecule has 32 heavy (non-hydrogen) atoms. The van der Waals surface area contributed by atoms with Crippen LogP contribution in [0.25, 0.3) is 5.76 Å². The van der Waals surface area contributed by atoms with Gasteiger partial charge < -0.3 is 9.84 Å². The molecule has 1 N–H and O–H groups in total. The van der Waals surface area contributed by atoms with Gasteiger partial charge in [0.2, 0.25) is 0 Å². The van der Waals surface area contributed by atoms with Gasteiger partial charge in [-0.1, -0.05) is 34.8 Å². The number of ether oxygens (including phenoxy) is 1. The van der Waals surface area contributed by atoms with E-state index >= 15 is 0 Å². The van der Waals surface area contributed by atoms with E-state index in [9.17, 15) is 14.7 Å². The van der Waals surface area contributed by atoms with Crippen molar-refractivity contribution in [2.24, 2.45) is 0 Å². The molecule has 1 aliphatic rings. The van der Waals surface area contributed by atoms with Crippen LogP contribution in [0.1, 0.15) is 17.2 Å². The number of hydrogen-bond donors (Lipinski definition) is 1. The van der Waals surface area contributed by atoms with E-state index in [4.69, 9.17) is 39.5 Å². The van der Waals surface area contributed by atoms with Gasteiger partial charge in [-0.15, -0.1) is 0 Å². The van der Waals surface area contributed by atoms with Crippen molar-refractivity contribution in [1.82, 2.24) is 4.98 Å². The lowest BCUT2D eigenvalue weighted by molar-refractivity contribution is -0.132. The first-order valence-corrected chi connectivity index (χ1v) is 10.5. The van der Waals surface area contributed by atoms with E-state index in [0.717, 1.165) is 0 Å². The SMILES string of the molecule is COc1c(Cl)cc(/C(O)=C2\C(=O)C(=O)N(c3ccc(Cl)cc3)C2c2ccncc2)cc1Cl. The van der Waals surface area contributed by atoms with Gasteiger partial charge in [0.05, 0.1) is 28.8 Å². The number of anilines is 1. The summed E-state index contributed by atoms with van der Waals surface area (Å²) in [7, 11) is 1.41. The monoisotopic (exact) mass is 488 g/mol. The molecule has 1 fully saturated rings. The molecule has 1 saturated heterocycles. The number of aliphatic hydroxyl groups is 1. The van der Waals surface area contributed by atoms with Gasteiger partial charge in [-0.3, -0.25) is 19.5 Å². The second-order valence-corrected chi connectivity index (χ2v) is 8.15. The Balaban J connectivity index is 1.94. The lowest BCUT2D eigenvalue weighted by Crippen LogP contribution is -2.29. The Hall–Kier alpha value is -3.06. The van der Waals surface area contributed by atoms with Gasteiger partial charge in [-0.2, -0.15) is 0 Å². The largest absolute Gasteiger partial charge is 0.507 e. The first-order valence-electron chi connectivity index (χ1n) is 9.33. The molecule has 0 saturated carbocycles. The Morgan fingerprint density at radius 3 is 2.16 bits per heavy atom. The molecule has 2 heterocycles. The molecule has 162 valence electrons. The van der Waals surface area contributed by atoms with E-state index in [1.54, 1.807) is 48.8 Å². The van der Waals surface area contributed by atoms with Crippen LogP contribution in [0.15, 0.2) is 66.5 Å². The molecule has 3 aromatic rings. The molecular weight excluding hydrogens is 475 g/mol. The fourth-order valence-corrected chi connectivity index (χ4v) is 4.38. The molecule has 0 bridgehead atoms. The molecule has 9 heteroatoms. The first kappa shape index (κ1) is 22.1. The van der Waals surface area contributed by atoms with Crippen LogP contribution in [0.5, 0.6) is 5.75 Å². The number of halogens is 3. The number of amides is 1. The summed E-state index contributed by atoms with van der Waals surface area (Å²) in [6, 6.07) is 11.7. The minimum absolute atomic E-state index is 0.103. The predicted molar refractivity (Wildman–Crippen MR) is 123 cm³/mol. The van der Waals surface area contributed by atoms with Gasteiger partial charge in [0, 0.05) is 28.7 Å². The van der Waals surface area contributed by atoms with Crippen LogP contribution in [0.4, 0.5) is 5.69 Å². The topological polar surface area (TPSA) is 79.7 Å². The highest BCUT2D eigenvalue weighted by Gasteiger charge is 2.47. The van der Waals surface area contributed by atoms with E-state index < -0.39 is 23.5 Å². The Labute approximate surface area is 198 Å². The van der Waals surface area contributed by atoms with E-state index in [-0.39, 0.29) is 26.9 Å². The van der Waals surface area contributed by atoms with Crippen molar-refractivity contribution in [1.29, 1.82) is 0 Å². The molecule has 1 unspecified atom stereocenters. The first-order chi connectivity index (χ1) is 15.3. The van der Waals surface area contributed by atoms with Crippen molar-refractivity contribution in [3.63, 3.8) is 0 Å². The molecule has 4 rings (SSSR count). The number of carbonyl (C=O) groups is 2. The number of benzene rings is 2. The summed E-state index contributed by atoms with van der Waals surface area (Å²) in [6.07, 6.45) is 3.08. The van der Waals surface area contributed by atoms with Crippen LogP contribution in [-0.4, -0.2) is 28.9 Å². The third-order valence-corrected chi connectivity index (χ3v) is 5.86. The van der Waals surface area contributed by atoms with Gasteiger partial charge in [-0.05, 0) is 54.1 Å². The molecular formula is C23H15Cl3N2O4. The average molecular weight is 490 g/mol. The normalized spacial score (nSPS) is 17.6. The number of nitrogens with zero attached hydrogens (tertiary/aromatic N) is 2. The molecule has 0 aliphatic carbocycles. The van der Waals surface area contributed by atoms with E-state index in [0.29, 0.717) is 16.3 Å². The van der Waals surface area contributed by atoms with Crippen molar-refractivity contribution < 1.29 is 19.4 Å². The fraction of sp³-hybridized carbons (Fsp3) is 0.0870. The van der Waals surface area contributed by atoms with Crippen LogP contribution in [0.2, 0.25) is 15.1 Å². The van der Waals surface area contributed by atoms with Crippen molar-refractivity contribution in [2.75, 3.05) is 12.0 Å². The smallest absolute Gasteiger partial charge is 0.300 e. The summed E-state index contributed by atoms with van der Waals surface area (Å²) in [5.74, 6) is -1.81. The average Bonchev–Trinajstić information content (AvgIpc) is 3.05. The molecule has 2 aromatic carbocycles. The van der Waals surface area contributed by atoms with Crippen molar-refractivity contribution in [3.05, 3.63) is 92.7 Å². The van der Waals surface area contributed by atoms with E-state index in [1.165, 1.54) is 24.1 Å². The van der Waals surface area contributed by atoms with Crippen LogP contribution in [0.3, 0.4) is 0 Å². The standard InChI is InChI=1S/C23H15Cl3N2O4/c1-32-22-16(25)10-13(11-17(22)26)20(29)18-19(12-6-8-27-9-7-12)28(23(31)21(18)30)15-4-2-14(24)3-5-15/h2-11,19,29H,1H3/b20-18+. The lowest BCUT2D eigenvalue weighted by atomic mass is 9.95. The Morgan fingerprint density at radius 1 is 1.00 bits per heavy atom. The van der Waals surface area contributed by atoms with Gasteiger partial charge in [0.1, 0.15) is 5.76 Å². The number of methoxy groups -OCH3 is 1. The number of Topliss-reactive ketones (excluding diaryl/α,β-unsaturated/α-hetero) is 1. The highest BCUT2D eigenvalue weighted by atomic mass is 35.5. The minimum atomic E-state index is -0.904. The summed E-state index contributed by atoms with van der Waals surface area (Å²) in [4.78, 5) is 31.5. The molecule has 1 atom stereocenters. The number of aliphatic hydroxyl groups excluding tert-OH is 1. The van der Waals surface area contributed by atoms with Crippen LogP contribution >= 0.6 is 34.8 Å². The molecule has 0 radical (unpaired) electrons. The van der Waals surface area contributed by atoms with Gasteiger partial charge in [-0.25, -0.2) is 0 Å². The van der Waals surface area contributed by atoms with Gasteiger partial charge in [0.15, 0.2) is 5.75 Å². The summed E-state index contributed by atoms with van der Waals surface area (Å²) >= 11 is 18.4. The van der Waals surface area contributed by atoms with Crippen LogP contribution < -0.4 is 9.64 Å². The summed E-state index contributed by atoms with van der Waals surface area (Å²) < 4.78 is 5.14. The summed E-state index contributed by atoms with van der Waals surface area (Å²) in [6.45, 7) is 0. The zero-order valence-corrected chi connectivity index (χ0v) is 18.8. The van der Waals surface area contributed by atoms with Gasteiger partial charge >= 0.3 is 0 Å². The fourth-order valence-electron chi connectivity index (χ4n) is 3.61. The van der Waals surface area contributed by atoms with Crippen molar-refractivity contribution in [2.45, 2.75) is 6.04 Å². The third kappa shape index (κ3) is 3.81. The quantitative estimate of drug-likeness (QED) is 0.290. The maximum atomic E-state index is 13.1. The Morgan fingerprint density at radius 2 is 1.59 bits per heavy atom. The highest BCUT2D eigenvalue weighted by molar-refractivity contribution is 6.52. The van der Waals surface area contributed by atoms with Crippen LogP contribution in [-0.2, 0) is 9.59 Å². The zero-order chi connectivity index (χ0) is 23.0. The number of pyridine rings is 1. The minimum Gasteiger partial charge on any atom is -0.507 e. The number of ketones is 1. The Kier molecular flexibility index (Phi) is 6.11. The maximum absolute atomic E-state index is 13.1. The second kappa shape index (κ2) is 8.82. The molecule has 1 aliphatic heterocycles. The Bertz CT molecular complexity index is 1220. The van der Waals surface area contributed by atoms with Crippen molar-refractivity contribution >= 4 is 57.9 Å². The molecule has 1 amide bonds. The number of carbonyl (C=O) groups excluding carboxylic acids is 2. The maximum Gasteiger partial charge on any atom is 0.300 e. The number of aromatic nitrogens is 1.